The molecule has 0 spiro atoms. The lowest BCUT2D eigenvalue weighted by Crippen LogP contribution is -2.02. The second kappa shape index (κ2) is 5.87. The molecule has 0 aliphatic heterocycles. The van der Waals surface area contributed by atoms with Gasteiger partial charge in [-0.15, -0.1) is 0 Å². The standard InChI is InChI=1S/C15H19NO3/c1-4-10-7-8-13(16-15(10)19-3)12(11-5-6-11)9-14(17)18-2/h7-9,11H,4-6H2,1-3H3. The molecule has 1 aliphatic rings. The summed E-state index contributed by atoms with van der Waals surface area (Å²) in [6.45, 7) is 2.06. The summed E-state index contributed by atoms with van der Waals surface area (Å²) in [5.74, 6) is 0.724. The molecule has 19 heavy (non-hydrogen) atoms. The van der Waals surface area contributed by atoms with E-state index in [9.17, 15) is 4.79 Å². The summed E-state index contributed by atoms with van der Waals surface area (Å²) >= 11 is 0. The molecule has 0 aromatic carbocycles. The van der Waals surface area contributed by atoms with Gasteiger partial charge in [0.25, 0.3) is 0 Å². The number of carbonyl (C=O) groups excluding carboxylic acids is 1. The van der Waals surface area contributed by atoms with Gasteiger partial charge >= 0.3 is 5.97 Å². The summed E-state index contributed by atoms with van der Waals surface area (Å²) < 4.78 is 10.0. The van der Waals surface area contributed by atoms with Crippen LogP contribution in [-0.2, 0) is 16.0 Å². The lowest BCUT2D eigenvalue weighted by Gasteiger charge is -2.10. The summed E-state index contributed by atoms with van der Waals surface area (Å²) in [6.07, 6.45) is 4.62. The molecule has 1 aromatic heterocycles. The van der Waals surface area contributed by atoms with Crippen molar-refractivity contribution in [2.75, 3.05) is 14.2 Å². The van der Waals surface area contributed by atoms with E-state index in [1.807, 2.05) is 12.1 Å². The molecule has 0 atom stereocenters. The van der Waals surface area contributed by atoms with Crippen molar-refractivity contribution in [3.8, 4) is 5.88 Å². The number of aromatic nitrogens is 1. The van der Waals surface area contributed by atoms with Crippen LogP contribution in [0.4, 0.5) is 0 Å². The number of ether oxygens (including phenoxy) is 2. The van der Waals surface area contributed by atoms with Gasteiger partial charge in [0.1, 0.15) is 0 Å². The minimum Gasteiger partial charge on any atom is -0.481 e. The molecule has 2 rings (SSSR count). The number of esters is 1. The maximum atomic E-state index is 11.4. The number of pyridine rings is 1. The van der Waals surface area contributed by atoms with Crippen LogP contribution in [0.2, 0.25) is 0 Å². The van der Waals surface area contributed by atoms with Gasteiger partial charge in [-0.3, -0.25) is 0 Å². The van der Waals surface area contributed by atoms with Gasteiger partial charge in [-0.05, 0) is 36.8 Å². The SMILES string of the molecule is CCc1ccc(C(=CC(=O)OC)C2CC2)nc1OC. The molecule has 0 bridgehead atoms. The largest absolute Gasteiger partial charge is 0.481 e. The van der Waals surface area contributed by atoms with Crippen LogP contribution in [0.15, 0.2) is 18.2 Å². The first-order valence-corrected chi connectivity index (χ1v) is 6.53. The monoisotopic (exact) mass is 261 g/mol. The summed E-state index contributed by atoms with van der Waals surface area (Å²) in [5, 5.41) is 0. The molecule has 0 unspecified atom stereocenters. The average Bonchev–Trinajstić information content (AvgIpc) is 3.28. The maximum absolute atomic E-state index is 11.4. The van der Waals surface area contributed by atoms with E-state index in [-0.39, 0.29) is 5.97 Å². The number of nitrogens with zero attached hydrogens (tertiary/aromatic N) is 1. The molecule has 0 radical (unpaired) electrons. The zero-order valence-corrected chi connectivity index (χ0v) is 11.6. The molecule has 1 heterocycles. The molecule has 1 aliphatic carbocycles. The quantitative estimate of drug-likeness (QED) is 0.604. The van der Waals surface area contributed by atoms with Gasteiger partial charge < -0.3 is 9.47 Å². The Bertz CT molecular complexity index is 504. The molecule has 1 fully saturated rings. The number of carbonyl (C=O) groups is 1. The predicted octanol–water partition coefficient (Wildman–Crippen LogP) is 2.62. The van der Waals surface area contributed by atoms with Crippen LogP contribution in [0, 0.1) is 5.92 Å². The average molecular weight is 261 g/mol. The van der Waals surface area contributed by atoms with Gasteiger partial charge in [-0.1, -0.05) is 13.0 Å². The lowest BCUT2D eigenvalue weighted by atomic mass is 10.1. The number of allylic oxidation sites excluding steroid dienone is 1. The van der Waals surface area contributed by atoms with Crippen molar-refractivity contribution in [2.24, 2.45) is 5.92 Å². The zero-order chi connectivity index (χ0) is 13.8. The van der Waals surface area contributed by atoms with Crippen LogP contribution in [0.3, 0.4) is 0 Å². The Morgan fingerprint density at radius 3 is 2.68 bits per heavy atom. The van der Waals surface area contributed by atoms with Crippen molar-refractivity contribution in [1.29, 1.82) is 0 Å². The highest BCUT2D eigenvalue weighted by Gasteiger charge is 2.29. The molecule has 4 nitrogen and oxygen atoms in total. The Hall–Kier alpha value is -1.84. The minimum atomic E-state index is -0.331. The van der Waals surface area contributed by atoms with Gasteiger partial charge in [0.2, 0.25) is 5.88 Å². The van der Waals surface area contributed by atoms with Crippen molar-refractivity contribution < 1.29 is 14.3 Å². The molecule has 102 valence electrons. The van der Waals surface area contributed by atoms with E-state index in [4.69, 9.17) is 9.47 Å². The molecule has 0 N–H and O–H groups in total. The fourth-order valence-corrected chi connectivity index (χ4v) is 2.06. The van der Waals surface area contributed by atoms with Crippen molar-refractivity contribution in [2.45, 2.75) is 26.2 Å². The Morgan fingerprint density at radius 1 is 1.42 bits per heavy atom. The van der Waals surface area contributed by atoms with Crippen LogP contribution in [0.25, 0.3) is 5.57 Å². The van der Waals surface area contributed by atoms with Crippen molar-refractivity contribution in [1.82, 2.24) is 4.98 Å². The number of hydrogen-bond acceptors (Lipinski definition) is 4. The minimum absolute atomic E-state index is 0.331. The van der Waals surface area contributed by atoms with Crippen LogP contribution in [0.5, 0.6) is 5.88 Å². The van der Waals surface area contributed by atoms with Crippen molar-refractivity contribution in [3.63, 3.8) is 0 Å². The maximum Gasteiger partial charge on any atom is 0.330 e. The topological polar surface area (TPSA) is 48.4 Å². The third kappa shape index (κ3) is 3.13. The van der Waals surface area contributed by atoms with E-state index in [1.54, 1.807) is 13.2 Å². The fraction of sp³-hybridized carbons (Fsp3) is 0.467. The molecular formula is C15H19NO3. The lowest BCUT2D eigenvalue weighted by molar-refractivity contribution is -0.134. The first kappa shape index (κ1) is 13.6. The number of aryl methyl sites for hydroxylation is 1. The van der Waals surface area contributed by atoms with E-state index in [1.165, 1.54) is 7.11 Å². The van der Waals surface area contributed by atoms with Crippen LogP contribution >= 0.6 is 0 Å². The van der Waals surface area contributed by atoms with E-state index in [0.717, 1.165) is 36.1 Å². The van der Waals surface area contributed by atoms with Gasteiger partial charge in [-0.2, -0.15) is 0 Å². The summed E-state index contributed by atoms with van der Waals surface area (Å²) in [5.41, 5.74) is 2.83. The molecule has 1 saturated carbocycles. The Kier molecular flexibility index (Phi) is 4.20. The molecule has 4 heteroatoms. The first-order valence-electron chi connectivity index (χ1n) is 6.53. The van der Waals surface area contributed by atoms with E-state index < -0.39 is 0 Å². The Morgan fingerprint density at radius 2 is 2.16 bits per heavy atom. The third-order valence-corrected chi connectivity index (χ3v) is 3.30. The van der Waals surface area contributed by atoms with Gasteiger partial charge in [0, 0.05) is 11.6 Å². The smallest absolute Gasteiger partial charge is 0.330 e. The summed E-state index contributed by atoms with van der Waals surface area (Å²) in [4.78, 5) is 16.0. The van der Waals surface area contributed by atoms with Crippen LogP contribution < -0.4 is 4.74 Å². The highest BCUT2D eigenvalue weighted by atomic mass is 16.5. The van der Waals surface area contributed by atoms with Gasteiger partial charge in [0.05, 0.1) is 19.9 Å². The zero-order valence-electron chi connectivity index (χ0n) is 11.6. The number of hydrogen-bond donors (Lipinski definition) is 0. The van der Waals surface area contributed by atoms with E-state index >= 15 is 0 Å². The van der Waals surface area contributed by atoms with Crippen LogP contribution in [0.1, 0.15) is 31.0 Å². The molecular weight excluding hydrogens is 242 g/mol. The number of rotatable bonds is 5. The van der Waals surface area contributed by atoms with Crippen molar-refractivity contribution >= 4 is 11.5 Å². The second-order valence-corrected chi connectivity index (χ2v) is 4.62. The summed E-state index contributed by atoms with van der Waals surface area (Å²) in [6, 6.07) is 3.96. The molecule has 0 amide bonds. The Balaban J connectivity index is 2.37. The third-order valence-electron chi connectivity index (χ3n) is 3.30. The highest BCUT2D eigenvalue weighted by Crippen LogP contribution is 2.41. The van der Waals surface area contributed by atoms with Crippen LogP contribution in [-0.4, -0.2) is 25.2 Å². The van der Waals surface area contributed by atoms with E-state index in [0.29, 0.717) is 11.8 Å². The first-order chi connectivity index (χ1) is 9.19. The molecule has 1 aromatic rings. The predicted molar refractivity (Wildman–Crippen MR) is 72.9 cm³/mol. The van der Waals surface area contributed by atoms with E-state index in [2.05, 4.69) is 11.9 Å². The van der Waals surface area contributed by atoms with Gasteiger partial charge in [0.15, 0.2) is 0 Å². The Labute approximate surface area is 113 Å². The van der Waals surface area contributed by atoms with Crippen molar-refractivity contribution in [3.05, 3.63) is 29.5 Å². The second-order valence-electron chi connectivity index (χ2n) is 4.62. The highest BCUT2D eigenvalue weighted by molar-refractivity contribution is 5.91. The summed E-state index contributed by atoms with van der Waals surface area (Å²) in [7, 11) is 3.00. The normalized spacial score (nSPS) is 15.2. The molecule has 0 saturated heterocycles. The number of methoxy groups -OCH3 is 2. The fourth-order valence-electron chi connectivity index (χ4n) is 2.06. The van der Waals surface area contributed by atoms with Gasteiger partial charge in [-0.25, -0.2) is 9.78 Å².